The van der Waals surface area contributed by atoms with Crippen molar-refractivity contribution in [2.24, 2.45) is 10.3 Å². The lowest BCUT2D eigenvalue weighted by molar-refractivity contribution is 0.727. The molecule has 2 aromatic rings. The second-order valence-electron chi connectivity index (χ2n) is 3.73. The number of benzene rings is 2. The fraction of sp³-hybridized carbons (Fsp3) is 0.0833. The van der Waals surface area contributed by atoms with Gasteiger partial charge in [0.05, 0.1) is 5.69 Å². The monoisotopic (exact) mass is 242 g/mol. The van der Waals surface area contributed by atoms with Gasteiger partial charge in [0.2, 0.25) is 0 Å². The zero-order chi connectivity index (χ0) is 11.7. The van der Waals surface area contributed by atoms with Crippen molar-refractivity contribution >= 4 is 34.0 Å². The molecule has 0 spiro atoms. The Labute approximate surface area is 104 Å². The van der Waals surface area contributed by atoms with Gasteiger partial charge >= 0.3 is 0 Å². The number of nitrogens with zero attached hydrogens (tertiary/aromatic N) is 3. The summed E-state index contributed by atoms with van der Waals surface area (Å²) in [4.78, 5) is 0. The van der Waals surface area contributed by atoms with E-state index in [0.29, 0.717) is 0 Å². The summed E-state index contributed by atoms with van der Waals surface area (Å²) < 4.78 is 0. The van der Waals surface area contributed by atoms with Gasteiger partial charge in [-0.05, 0) is 11.5 Å². The predicted molar refractivity (Wildman–Crippen MR) is 71.9 cm³/mol. The Morgan fingerprint density at radius 1 is 1.18 bits per heavy atom. The van der Waals surface area contributed by atoms with Crippen molar-refractivity contribution in [3.8, 4) is 0 Å². The molecule has 1 atom stereocenters. The van der Waals surface area contributed by atoms with E-state index in [1.807, 2.05) is 29.3 Å². The highest BCUT2D eigenvalue weighted by molar-refractivity contribution is 7.79. The highest BCUT2D eigenvalue weighted by atomic mass is 32.1. The maximum Gasteiger partial charge on any atom is 0.192 e. The molecule has 2 aromatic carbocycles. The molecule has 0 saturated heterocycles. The standard InChI is InChI=1S/C12H10N4S/c17-8-12-13-14-15-16(12)11-7-3-5-9-4-1-2-6-10(9)11/h1-8,12H,(H,13,15). The van der Waals surface area contributed by atoms with Crippen LogP contribution in [-0.2, 0) is 0 Å². The van der Waals surface area contributed by atoms with Gasteiger partial charge in [-0.25, -0.2) is 5.01 Å². The Hall–Kier alpha value is -2.01. The van der Waals surface area contributed by atoms with Gasteiger partial charge in [0.1, 0.15) is 0 Å². The van der Waals surface area contributed by atoms with Crippen LogP contribution < -0.4 is 10.5 Å². The molecule has 1 aliphatic heterocycles. The molecular weight excluding hydrogens is 232 g/mol. The molecule has 1 N–H and O–H groups in total. The predicted octanol–water partition coefficient (Wildman–Crippen LogP) is 2.86. The molecule has 1 aliphatic rings. The minimum absolute atomic E-state index is 0.226. The highest BCUT2D eigenvalue weighted by Gasteiger charge is 2.21. The largest absolute Gasteiger partial charge is 0.239 e. The van der Waals surface area contributed by atoms with Gasteiger partial charge < -0.3 is 0 Å². The molecular formula is C12H10N4S. The number of rotatable bonds is 2. The van der Waals surface area contributed by atoms with Gasteiger partial charge in [-0.2, -0.15) is 5.53 Å². The number of hydrogen-bond acceptors (Lipinski definition) is 5. The number of hydrogen-bond donors (Lipinski definition) is 1. The number of nitrogens with one attached hydrogen (secondary N) is 1. The van der Waals surface area contributed by atoms with E-state index < -0.39 is 0 Å². The molecule has 1 heterocycles. The lowest BCUT2D eigenvalue weighted by Gasteiger charge is -2.21. The number of hydrazine groups is 1. The Morgan fingerprint density at radius 2 is 2.00 bits per heavy atom. The van der Waals surface area contributed by atoms with Gasteiger partial charge in [0, 0.05) is 10.8 Å². The van der Waals surface area contributed by atoms with Crippen LogP contribution in [0.25, 0.3) is 10.8 Å². The smallest absolute Gasteiger partial charge is 0.192 e. The van der Waals surface area contributed by atoms with E-state index in [1.165, 1.54) is 5.39 Å². The maximum absolute atomic E-state index is 4.95. The normalized spacial score (nSPS) is 18.4. The first-order valence-corrected chi connectivity index (χ1v) is 5.75. The second-order valence-corrected chi connectivity index (χ2v) is 4.01. The summed E-state index contributed by atoms with van der Waals surface area (Å²) in [5.74, 6) is 0. The lowest BCUT2D eigenvalue weighted by Crippen LogP contribution is -2.38. The van der Waals surface area contributed by atoms with Crippen molar-refractivity contribution < 1.29 is 0 Å². The van der Waals surface area contributed by atoms with Crippen LogP contribution in [0.2, 0.25) is 0 Å². The molecule has 0 fully saturated rings. The van der Waals surface area contributed by atoms with Crippen molar-refractivity contribution in [3.63, 3.8) is 0 Å². The van der Waals surface area contributed by atoms with E-state index in [4.69, 9.17) is 12.2 Å². The fourth-order valence-electron chi connectivity index (χ4n) is 1.95. The molecule has 0 saturated carbocycles. The summed E-state index contributed by atoms with van der Waals surface area (Å²) in [5, 5.41) is 13.6. The summed E-state index contributed by atoms with van der Waals surface area (Å²) in [7, 11) is 0. The van der Waals surface area contributed by atoms with Gasteiger partial charge in [-0.3, -0.25) is 0 Å². The minimum atomic E-state index is -0.226. The van der Waals surface area contributed by atoms with Crippen molar-refractivity contribution in [3.05, 3.63) is 42.5 Å². The van der Waals surface area contributed by atoms with Gasteiger partial charge in [0.25, 0.3) is 0 Å². The molecule has 0 bridgehead atoms. The van der Waals surface area contributed by atoms with E-state index >= 15 is 0 Å². The molecule has 0 amide bonds. The zero-order valence-corrected chi connectivity index (χ0v) is 9.76. The topological polar surface area (TPSA) is 40.0 Å². The van der Waals surface area contributed by atoms with Crippen LogP contribution in [0.15, 0.2) is 52.8 Å². The van der Waals surface area contributed by atoms with Gasteiger partial charge in [-0.1, -0.05) is 53.8 Å². The highest BCUT2D eigenvalue weighted by Crippen LogP contribution is 2.28. The summed E-state index contributed by atoms with van der Waals surface area (Å²) >= 11 is 4.95. The molecule has 3 rings (SSSR count). The van der Waals surface area contributed by atoms with Crippen LogP contribution in [0.3, 0.4) is 0 Å². The summed E-state index contributed by atoms with van der Waals surface area (Å²) in [6.07, 6.45) is -0.226. The fourth-order valence-corrected chi connectivity index (χ4v) is 2.12. The first kappa shape index (κ1) is 10.2. The first-order valence-electron chi connectivity index (χ1n) is 5.28. The van der Waals surface area contributed by atoms with E-state index in [0.717, 1.165) is 11.1 Å². The molecule has 5 heteroatoms. The molecule has 84 valence electrons. The van der Waals surface area contributed by atoms with E-state index in [1.54, 1.807) is 5.37 Å². The zero-order valence-electron chi connectivity index (χ0n) is 8.95. The molecule has 0 aromatic heterocycles. The average molecular weight is 242 g/mol. The van der Waals surface area contributed by atoms with Crippen LogP contribution in [0, 0.1) is 0 Å². The summed E-state index contributed by atoms with van der Waals surface area (Å²) in [5.41, 5.74) is 3.89. The number of fused-ring (bicyclic) bond motifs is 1. The van der Waals surface area contributed by atoms with Gasteiger partial charge in [0.15, 0.2) is 6.17 Å². The molecule has 1 unspecified atom stereocenters. The van der Waals surface area contributed by atoms with Gasteiger partial charge in [-0.15, -0.1) is 5.11 Å². The summed E-state index contributed by atoms with van der Waals surface area (Å²) in [6, 6.07) is 14.3. The van der Waals surface area contributed by atoms with E-state index in [9.17, 15) is 0 Å². The Balaban J connectivity index is 2.14. The van der Waals surface area contributed by atoms with Crippen molar-refractivity contribution in [1.29, 1.82) is 0 Å². The second kappa shape index (κ2) is 4.10. The van der Waals surface area contributed by atoms with E-state index in [2.05, 4.69) is 34.1 Å². The Bertz CT molecular complexity index is 591. The lowest BCUT2D eigenvalue weighted by atomic mass is 10.1. The van der Waals surface area contributed by atoms with Crippen molar-refractivity contribution in [1.82, 2.24) is 5.53 Å². The molecule has 0 radical (unpaired) electrons. The summed E-state index contributed by atoms with van der Waals surface area (Å²) in [6.45, 7) is 0. The van der Waals surface area contributed by atoms with Crippen LogP contribution in [0.4, 0.5) is 5.69 Å². The number of thiocarbonyl (C=S) groups is 1. The van der Waals surface area contributed by atoms with Crippen molar-refractivity contribution in [2.45, 2.75) is 6.17 Å². The average Bonchev–Trinajstić information content (AvgIpc) is 2.86. The number of anilines is 1. The minimum Gasteiger partial charge on any atom is -0.239 e. The SMILES string of the molecule is S=CC1N=NNN1c1cccc2ccccc12. The quantitative estimate of drug-likeness (QED) is 0.823. The Morgan fingerprint density at radius 3 is 2.88 bits per heavy atom. The van der Waals surface area contributed by atoms with Crippen LogP contribution in [0.5, 0.6) is 0 Å². The van der Waals surface area contributed by atoms with Crippen LogP contribution >= 0.6 is 12.2 Å². The molecule has 0 aliphatic carbocycles. The Kier molecular flexibility index (Phi) is 2.45. The third-order valence-corrected chi connectivity index (χ3v) is 2.98. The van der Waals surface area contributed by atoms with Crippen LogP contribution in [-0.4, -0.2) is 11.5 Å². The van der Waals surface area contributed by atoms with Crippen LogP contribution in [0.1, 0.15) is 0 Å². The molecule has 17 heavy (non-hydrogen) atoms. The van der Waals surface area contributed by atoms with E-state index in [-0.39, 0.29) is 6.17 Å². The third kappa shape index (κ3) is 1.64. The maximum atomic E-state index is 4.95. The first-order chi connectivity index (χ1) is 8.40. The van der Waals surface area contributed by atoms with Crippen molar-refractivity contribution in [2.75, 3.05) is 5.01 Å². The molecule has 4 nitrogen and oxygen atoms in total. The third-order valence-electron chi connectivity index (χ3n) is 2.74.